The molecule has 0 spiro atoms. The molecule has 0 bridgehead atoms. The van der Waals surface area contributed by atoms with Crippen molar-refractivity contribution < 1.29 is 13.5 Å². The van der Waals surface area contributed by atoms with Gasteiger partial charge in [0, 0.05) is 10.9 Å². The normalized spacial score (nSPS) is 15.4. The molecule has 0 saturated carbocycles. The van der Waals surface area contributed by atoms with Gasteiger partial charge in [0.2, 0.25) is 10.0 Å². The molecule has 20 heavy (non-hydrogen) atoms. The van der Waals surface area contributed by atoms with Gasteiger partial charge in [-0.25, -0.2) is 13.1 Å². The van der Waals surface area contributed by atoms with E-state index in [1.807, 2.05) is 24.3 Å². The lowest BCUT2D eigenvalue weighted by Crippen LogP contribution is -2.35. The quantitative estimate of drug-likeness (QED) is 0.903. The largest absolute Gasteiger partial charge is 0.391 e. The van der Waals surface area contributed by atoms with Crippen LogP contribution in [-0.4, -0.2) is 19.6 Å². The van der Waals surface area contributed by atoms with Gasteiger partial charge in [0.1, 0.15) is 0 Å². The Hall–Kier alpha value is -1.21. The molecule has 0 radical (unpaired) electrons. The molecule has 6 heteroatoms. The second kappa shape index (κ2) is 5.29. The summed E-state index contributed by atoms with van der Waals surface area (Å²) in [6, 6.07) is 9.45. The summed E-state index contributed by atoms with van der Waals surface area (Å²) >= 11 is 1.25. The molecule has 0 unspecified atom stereocenters. The van der Waals surface area contributed by atoms with Crippen LogP contribution in [0.4, 0.5) is 0 Å². The van der Waals surface area contributed by atoms with Gasteiger partial charge < -0.3 is 5.11 Å². The average molecular weight is 309 g/mol. The number of nitrogens with one attached hydrogen (secondary N) is 1. The zero-order valence-corrected chi connectivity index (χ0v) is 12.4. The van der Waals surface area contributed by atoms with Gasteiger partial charge in [-0.15, -0.1) is 11.3 Å². The number of rotatable bonds is 4. The minimum Gasteiger partial charge on any atom is -0.391 e. The van der Waals surface area contributed by atoms with Crippen molar-refractivity contribution in [3.63, 3.8) is 0 Å². The van der Waals surface area contributed by atoms with Crippen LogP contribution in [0.5, 0.6) is 0 Å². The summed E-state index contributed by atoms with van der Waals surface area (Å²) in [5, 5.41) is 10.9. The molecule has 106 valence electrons. The van der Waals surface area contributed by atoms with Crippen LogP contribution in [-0.2, 0) is 29.5 Å². The smallest absolute Gasteiger partial charge is 0.242 e. The molecule has 1 aliphatic rings. The van der Waals surface area contributed by atoms with E-state index in [9.17, 15) is 13.5 Å². The van der Waals surface area contributed by atoms with Gasteiger partial charge in [0.25, 0.3) is 0 Å². The van der Waals surface area contributed by atoms with Gasteiger partial charge >= 0.3 is 0 Å². The maximum Gasteiger partial charge on any atom is 0.242 e. The van der Waals surface area contributed by atoms with Crippen molar-refractivity contribution in [1.29, 1.82) is 0 Å². The summed E-state index contributed by atoms with van der Waals surface area (Å²) in [6.45, 7) is -0.251. The molecular formula is C14H15NO3S2. The lowest BCUT2D eigenvalue weighted by Gasteiger charge is -2.12. The number of fused-ring (bicyclic) bond motifs is 1. The second-order valence-electron chi connectivity index (χ2n) is 4.86. The summed E-state index contributed by atoms with van der Waals surface area (Å²) < 4.78 is 27.5. The molecule has 4 nitrogen and oxygen atoms in total. The predicted molar refractivity (Wildman–Crippen MR) is 78.2 cm³/mol. The first-order valence-electron chi connectivity index (χ1n) is 6.36. The molecule has 3 rings (SSSR count). The van der Waals surface area contributed by atoms with Gasteiger partial charge in [-0.05, 0) is 35.4 Å². The van der Waals surface area contributed by atoms with Crippen LogP contribution in [0.2, 0.25) is 0 Å². The van der Waals surface area contributed by atoms with Crippen molar-refractivity contribution in [3.05, 3.63) is 51.7 Å². The highest BCUT2D eigenvalue weighted by Gasteiger charge is 2.27. The lowest BCUT2D eigenvalue weighted by molar-refractivity contribution is 0.282. The minimum atomic E-state index is -3.56. The Morgan fingerprint density at radius 1 is 1.20 bits per heavy atom. The molecule has 1 aromatic heterocycles. The fourth-order valence-electron chi connectivity index (χ4n) is 2.61. The highest BCUT2D eigenvalue weighted by molar-refractivity contribution is 7.89. The summed E-state index contributed by atoms with van der Waals surface area (Å²) in [4.78, 5) is 0.675. The van der Waals surface area contributed by atoms with Crippen LogP contribution < -0.4 is 4.72 Å². The van der Waals surface area contributed by atoms with Crippen LogP contribution in [0.1, 0.15) is 16.0 Å². The molecule has 2 N–H and O–H groups in total. The minimum absolute atomic E-state index is 0.108. The number of sulfonamides is 1. The van der Waals surface area contributed by atoms with Gasteiger partial charge in [0.15, 0.2) is 0 Å². The Bertz CT molecular complexity index is 697. The molecule has 0 atom stereocenters. The average Bonchev–Trinajstić information content (AvgIpc) is 3.03. The first-order valence-corrected chi connectivity index (χ1v) is 8.73. The van der Waals surface area contributed by atoms with E-state index in [4.69, 9.17) is 0 Å². The highest BCUT2D eigenvalue weighted by Crippen LogP contribution is 2.25. The molecule has 0 amide bonds. The number of thiophene rings is 1. The topological polar surface area (TPSA) is 66.4 Å². The summed E-state index contributed by atoms with van der Waals surface area (Å²) in [5.74, 6) is 0. The van der Waals surface area contributed by atoms with Crippen molar-refractivity contribution in [1.82, 2.24) is 4.72 Å². The van der Waals surface area contributed by atoms with E-state index in [1.165, 1.54) is 22.5 Å². The van der Waals surface area contributed by atoms with E-state index in [0.29, 0.717) is 17.7 Å². The van der Waals surface area contributed by atoms with Gasteiger partial charge in [-0.3, -0.25) is 0 Å². The SMILES string of the molecule is O=S(=O)(NC1Cc2ccccc2C1)c1ccsc1CO. The van der Waals surface area contributed by atoms with E-state index >= 15 is 0 Å². The number of aliphatic hydroxyl groups is 1. The van der Waals surface area contributed by atoms with E-state index in [2.05, 4.69) is 4.72 Å². The maximum absolute atomic E-state index is 12.4. The molecular weight excluding hydrogens is 294 g/mol. The van der Waals surface area contributed by atoms with E-state index in [0.717, 1.165) is 0 Å². The monoisotopic (exact) mass is 309 g/mol. The molecule has 0 fully saturated rings. The number of hydrogen-bond acceptors (Lipinski definition) is 4. The van der Waals surface area contributed by atoms with Crippen molar-refractivity contribution in [2.75, 3.05) is 0 Å². The molecule has 0 saturated heterocycles. The van der Waals surface area contributed by atoms with Gasteiger partial charge in [0.05, 0.1) is 11.5 Å². The third-order valence-corrected chi connectivity index (χ3v) is 6.15. The first kappa shape index (κ1) is 13.8. The van der Waals surface area contributed by atoms with Gasteiger partial charge in [-0.2, -0.15) is 0 Å². The van der Waals surface area contributed by atoms with Crippen molar-refractivity contribution in [2.24, 2.45) is 0 Å². The summed E-state index contributed by atoms with van der Waals surface area (Å²) in [6.07, 6.45) is 1.43. The second-order valence-corrected chi connectivity index (χ2v) is 7.54. The molecule has 1 aliphatic carbocycles. The van der Waals surface area contributed by atoms with Crippen LogP contribution in [0.15, 0.2) is 40.6 Å². The maximum atomic E-state index is 12.4. The Balaban J connectivity index is 1.79. The third-order valence-electron chi connectivity index (χ3n) is 3.51. The van der Waals surface area contributed by atoms with Crippen LogP contribution >= 0.6 is 11.3 Å². The third kappa shape index (κ3) is 2.52. The van der Waals surface area contributed by atoms with E-state index in [-0.39, 0.29) is 17.5 Å². The Kier molecular flexibility index (Phi) is 3.64. The fourth-order valence-corrected chi connectivity index (χ4v) is 5.14. The lowest BCUT2D eigenvalue weighted by atomic mass is 10.1. The van der Waals surface area contributed by atoms with Crippen LogP contribution in [0.3, 0.4) is 0 Å². The van der Waals surface area contributed by atoms with Crippen LogP contribution in [0, 0.1) is 0 Å². The van der Waals surface area contributed by atoms with Crippen molar-refractivity contribution >= 4 is 21.4 Å². The zero-order valence-electron chi connectivity index (χ0n) is 10.7. The van der Waals surface area contributed by atoms with E-state index in [1.54, 1.807) is 11.4 Å². The summed E-state index contributed by atoms with van der Waals surface area (Å²) in [5.41, 5.74) is 2.40. The molecule has 0 aliphatic heterocycles. The van der Waals surface area contributed by atoms with Gasteiger partial charge in [-0.1, -0.05) is 24.3 Å². The molecule has 1 heterocycles. The number of aliphatic hydroxyl groups excluding tert-OH is 1. The Labute approximate surface area is 122 Å². The highest BCUT2D eigenvalue weighted by atomic mass is 32.2. The van der Waals surface area contributed by atoms with E-state index < -0.39 is 10.0 Å². The standard InChI is InChI=1S/C14H15NO3S2/c16-9-13-14(5-6-19-13)20(17,18)15-12-7-10-3-1-2-4-11(10)8-12/h1-6,12,15-16H,7-9H2. The molecule has 2 aromatic rings. The summed E-state index contributed by atoms with van der Waals surface area (Å²) in [7, 11) is -3.56. The first-order chi connectivity index (χ1) is 9.60. The Morgan fingerprint density at radius 3 is 2.45 bits per heavy atom. The molecule has 1 aromatic carbocycles. The number of benzene rings is 1. The fraction of sp³-hybridized carbons (Fsp3) is 0.286. The number of hydrogen-bond donors (Lipinski definition) is 2. The van der Waals surface area contributed by atoms with Crippen molar-refractivity contribution in [2.45, 2.75) is 30.4 Å². The Morgan fingerprint density at radius 2 is 1.85 bits per heavy atom. The van der Waals surface area contributed by atoms with Crippen LogP contribution in [0.25, 0.3) is 0 Å². The van der Waals surface area contributed by atoms with Crippen molar-refractivity contribution in [3.8, 4) is 0 Å². The zero-order chi connectivity index (χ0) is 14.2. The predicted octanol–water partition coefficient (Wildman–Crippen LogP) is 1.69.